The molecule has 0 aliphatic heterocycles. The summed E-state index contributed by atoms with van der Waals surface area (Å²) in [6.07, 6.45) is 3.54. The maximum atomic E-state index is 11.2. The van der Waals surface area contributed by atoms with Gasteiger partial charge in [0.2, 0.25) is 0 Å². The van der Waals surface area contributed by atoms with Gasteiger partial charge in [-0.05, 0) is 49.7 Å². The fourth-order valence-corrected chi connectivity index (χ4v) is 1.98. The molecule has 4 heteroatoms. The summed E-state index contributed by atoms with van der Waals surface area (Å²) in [6.45, 7) is 4.01. The molecule has 0 unspecified atom stereocenters. The van der Waals surface area contributed by atoms with Crippen LogP contribution in [0.2, 0.25) is 0 Å². The van der Waals surface area contributed by atoms with E-state index < -0.39 is 11.5 Å². The molecule has 0 saturated carbocycles. The number of pyridine rings is 1. The molecule has 0 fully saturated rings. The Morgan fingerprint density at radius 3 is 2.14 bits per heavy atom. The zero-order chi connectivity index (χ0) is 15.5. The van der Waals surface area contributed by atoms with Crippen molar-refractivity contribution in [1.29, 1.82) is 0 Å². The lowest BCUT2D eigenvalue weighted by molar-refractivity contribution is -0.148. The number of hydrogen-bond donors (Lipinski definition) is 1. The van der Waals surface area contributed by atoms with Gasteiger partial charge in [0.05, 0.1) is 0 Å². The van der Waals surface area contributed by atoms with E-state index in [9.17, 15) is 9.90 Å². The Bertz CT molecular complexity index is 606. The molecule has 4 nitrogen and oxygen atoms in total. The van der Waals surface area contributed by atoms with Gasteiger partial charge in [0.15, 0.2) is 0 Å². The number of carboxylic acids is 1. The Kier molecular flexibility index (Phi) is 4.38. The number of carbonyl (C=O) groups is 1. The molecular formula is C17H20N2O2. The van der Waals surface area contributed by atoms with Gasteiger partial charge in [-0.2, -0.15) is 0 Å². The number of aliphatic carboxylic acids is 1. The highest BCUT2D eigenvalue weighted by atomic mass is 16.4. The predicted molar refractivity (Wildman–Crippen MR) is 82.9 cm³/mol. The van der Waals surface area contributed by atoms with Gasteiger partial charge in [0, 0.05) is 18.9 Å². The maximum absolute atomic E-state index is 11.2. The summed E-state index contributed by atoms with van der Waals surface area (Å²) in [4.78, 5) is 17.1. The minimum absolute atomic E-state index is 0.593. The average Bonchev–Trinajstić information content (AvgIpc) is 2.48. The van der Waals surface area contributed by atoms with Crippen LogP contribution in [0.4, 0.5) is 0 Å². The lowest BCUT2D eigenvalue weighted by atomic mass is 10.0. The molecule has 0 aliphatic carbocycles. The van der Waals surface area contributed by atoms with Crippen LogP contribution in [0.5, 0.6) is 0 Å². The summed E-state index contributed by atoms with van der Waals surface area (Å²) in [5.41, 5.74) is 2.45. The zero-order valence-electron chi connectivity index (χ0n) is 12.6. The molecule has 21 heavy (non-hydrogen) atoms. The number of rotatable bonds is 5. The van der Waals surface area contributed by atoms with E-state index in [-0.39, 0.29) is 0 Å². The van der Waals surface area contributed by atoms with E-state index in [2.05, 4.69) is 4.98 Å². The van der Waals surface area contributed by atoms with Crippen molar-refractivity contribution in [3.63, 3.8) is 0 Å². The van der Waals surface area contributed by atoms with E-state index in [4.69, 9.17) is 0 Å². The second-order valence-corrected chi connectivity index (χ2v) is 5.65. The smallest absolute Gasteiger partial charge is 0.323 e. The van der Waals surface area contributed by atoms with Crippen molar-refractivity contribution in [1.82, 2.24) is 9.88 Å². The summed E-state index contributed by atoms with van der Waals surface area (Å²) in [5.74, 6) is -0.821. The van der Waals surface area contributed by atoms with E-state index in [1.165, 1.54) is 0 Å². The van der Waals surface area contributed by atoms with Crippen molar-refractivity contribution < 1.29 is 9.90 Å². The van der Waals surface area contributed by atoms with Crippen LogP contribution in [-0.2, 0) is 11.3 Å². The number of aromatic nitrogens is 1. The molecular weight excluding hydrogens is 264 g/mol. The quantitative estimate of drug-likeness (QED) is 0.917. The van der Waals surface area contributed by atoms with E-state index in [0.717, 1.165) is 16.7 Å². The first-order chi connectivity index (χ1) is 9.91. The third-order valence-corrected chi connectivity index (χ3v) is 3.87. The number of hydrogen-bond acceptors (Lipinski definition) is 3. The predicted octanol–water partition coefficient (Wildman–Crippen LogP) is 3.04. The van der Waals surface area contributed by atoms with Crippen molar-refractivity contribution in [2.75, 3.05) is 7.05 Å². The van der Waals surface area contributed by atoms with E-state index in [0.29, 0.717) is 6.54 Å². The van der Waals surface area contributed by atoms with Crippen molar-refractivity contribution >= 4 is 5.97 Å². The Hall–Kier alpha value is -2.20. The zero-order valence-corrected chi connectivity index (χ0v) is 12.6. The lowest BCUT2D eigenvalue weighted by Crippen LogP contribution is -2.47. The number of likely N-dealkylation sites (N-methyl/N-ethyl adjacent to an activating group) is 1. The number of nitrogens with zero attached hydrogens (tertiary/aromatic N) is 2. The van der Waals surface area contributed by atoms with Gasteiger partial charge in [0.1, 0.15) is 5.54 Å². The molecule has 1 heterocycles. The second kappa shape index (κ2) is 6.06. The summed E-state index contributed by atoms with van der Waals surface area (Å²) in [6, 6.07) is 12.1. The van der Waals surface area contributed by atoms with Gasteiger partial charge in [-0.3, -0.25) is 14.7 Å². The van der Waals surface area contributed by atoms with Gasteiger partial charge >= 0.3 is 5.97 Å². The molecule has 0 amide bonds. The normalized spacial score (nSPS) is 11.6. The Labute approximate surface area is 125 Å². The molecule has 1 aromatic carbocycles. The van der Waals surface area contributed by atoms with Crippen molar-refractivity contribution in [2.45, 2.75) is 25.9 Å². The van der Waals surface area contributed by atoms with Crippen LogP contribution in [0.15, 0.2) is 48.8 Å². The SMILES string of the molecule is CN(Cc1ccc(-c2ccncc2)cc1)C(C)(C)C(=O)O. The van der Waals surface area contributed by atoms with Crippen LogP contribution in [0, 0.1) is 0 Å². The molecule has 110 valence electrons. The van der Waals surface area contributed by atoms with E-state index in [1.54, 1.807) is 26.2 Å². The monoisotopic (exact) mass is 284 g/mol. The first-order valence-corrected chi connectivity index (χ1v) is 6.85. The largest absolute Gasteiger partial charge is 0.480 e. The van der Waals surface area contributed by atoms with Gasteiger partial charge in [-0.15, -0.1) is 0 Å². The van der Waals surface area contributed by atoms with Crippen LogP contribution in [0.25, 0.3) is 11.1 Å². The third kappa shape index (κ3) is 3.47. The molecule has 2 aromatic rings. The van der Waals surface area contributed by atoms with Crippen molar-refractivity contribution in [3.8, 4) is 11.1 Å². The topological polar surface area (TPSA) is 53.4 Å². The van der Waals surface area contributed by atoms with Gasteiger partial charge < -0.3 is 5.11 Å². The highest BCUT2D eigenvalue weighted by molar-refractivity contribution is 5.77. The van der Waals surface area contributed by atoms with E-state index >= 15 is 0 Å². The molecule has 0 saturated heterocycles. The van der Waals surface area contributed by atoms with Gasteiger partial charge in [-0.25, -0.2) is 0 Å². The summed E-state index contributed by atoms with van der Waals surface area (Å²) in [5, 5.41) is 9.23. The Morgan fingerprint density at radius 2 is 1.62 bits per heavy atom. The summed E-state index contributed by atoms with van der Waals surface area (Å²) in [7, 11) is 1.82. The minimum Gasteiger partial charge on any atom is -0.480 e. The van der Waals surface area contributed by atoms with Crippen LogP contribution in [0.3, 0.4) is 0 Å². The average molecular weight is 284 g/mol. The molecule has 0 radical (unpaired) electrons. The highest BCUT2D eigenvalue weighted by Crippen LogP contribution is 2.21. The Balaban J connectivity index is 2.12. The molecule has 1 aromatic heterocycles. The van der Waals surface area contributed by atoms with Crippen LogP contribution >= 0.6 is 0 Å². The van der Waals surface area contributed by atoms with Gasteiger partial charge in [0.25, 0.3) is 0 Å². The second-order valence-electron chi connectivity index (χ2n) is 5.65. The molecule has 0 aliphatic rings. The van der Waals surface area contributed by atoms with Crippen LogP contribution in [0.1, 0.15) is 19.4 Å². The molecule has 0 bridgehead atoms. The maximum Gasteiger partial charge on any atom is 0.323 e. The first-order valence-electron chi connectivity index (χ1n) is 6.85. The lowest BCUT2D eigenvalue weighted by Gasteiger charge is -2.31. The van der Waals surface area contributed by atoms with Crippen molar-refractivity contribution in [3.05, 3.63) is 54.4 Å². The third-order valence-electron chi connectivity index (χ3n) is 3.87. The van der Waals surface area contributed by atoms with Gasteiger partial charge in [-0.1, -0.05) is 24.3 Å². The van der Waals surface area contributed by atoms with E-state index in [1.807, 2.05) is 48.3 Å². The molecule has 2 rings (SSSR count). The number of benzene rings is 1. The first kappa shape index (κ1) is 15.2. The fourth-order valence-electron chi connectivity index (χ4n) is 1.98. The molecule has 0 spiro atoms. The number of carboxylic acid groups (broad SMARTS) is 1. The Morgan fingerprint density at radius 1 is 1.10 bits per heavy atom. The fraction of sp³-hybridized carbons (Fsp3) is 0.294. The summed E-state index contributed by atoms with van der Waals surface area (Å²) < 4.78 is 0. The minimum atomic E-state index is -0.885. The van der Waals surface area contributed by atoms with Crippen LogP contribution < -0.4 is 0 Å². The van der Waals surface area contributed by atoms with Crippen LogP contribution in [-0.4, -0.2) is 33.5 Å². The highest BCUT2D eigenvalue weighted by Gasteiger charge is 2.31. The van der Waals surface area contributed by atoms with Crippen molar-refractivity contribution in [2.24, 2.45) is 0 Å². The summed E-state index contributed by atoms with van der Waals surface area (Å²) >= 11 is 0. The standard InChI is InChI=1S/C17H20N2O2/c1-17(2,16(20)21)19(3)12-13-4-6-14(7-5-13)15-8-10-18-11-9-15/h4-11H,12H2,1-3H3,(H,20,21). The molecule has 1 N–H and O–H groups in total. The molecule has 0 atom stereocenters.